The number of nitrogen functional groups attached to an aromatic ring is 1. The second-order valence-electron chi connectivity index (χ2n) is 3.00. The second kappa shape index (κ2) is 4.58. The minimum absolute atomic E-state index is 0.0335. The lowest BCUT2D eigenvalue weighted by molar-refractivity contribution is 1.10. The number of aromatic nitrogens is 3. The standard InChI is InChI=1S/C9H9N5S2/c1-5-13-9(16-14-5)15-7-4-12-3-2-6(7)8(10)11/h2-4H,1H3,(H3,10,11). The molecule has 5 nitrogen and oxygen atoms in total. The normalized spacial score (nSPS) is 10.3. The number of nitrogens with zero attached hydrogens (tertiary/aromatic N) is 3. The fourth-order valence-corrected chi connectivity index (χ4v) is 2.82. The Bertz CT molecular complexity index is 522. The van der Waals surface area contributed by atoms with Crippen LogP contribution in [0.25, 0.3) is 0 Å². The van der Waals surface area contributed by atoms with Gasteiger partial charge in [-0.2, -0.15) is 4.37 Å². The van der Waals surface area contributed by atoms with E-state index in [0.717, 1.165) is 15.1 Å². The number of nitrogens with one attached hydrogen (secondary N) is 1. The molecule has 0 atom stereocenters. The lowest BCUT2D eigenvalue weighted by Gasteiger charge is -2.03. The molecule has 0 aliphatic carbocycles. The van der Waals surface area contributed by atoms with E-state index >= 15 is 0 Å². The Kier molecular flexibility index (Phi) is 3.16. The predicted octanol–water partition coefficient (Wildman–Crippen LogP) is 1.68. The average molecular weight is 251 g/mol. The Balaban J connectivity index is 2.31. The molecule has 82 valence electrons. The van der Waals surface area contributed by atoms with E-state index in [0.29, 0.717) is 5.56 Å². The van der Waals surface area contributed by atoms with E-state index < -0.39 is 0 Å². The predicted molar refractivity (Wildman–Crippen MR) is 64.0 cm³/mol. The van der Waals surface area contributed by atoms with Crippen LogP contribution in [0, 0.1) is 12.3 Å². The number of rotatable bonds is 3. The van der Waals surface area contributed by atoms with E-state index in [-0.39, 0.29) is 5.84 Å². The molecule has 0 spiro atoms. The first-order valence-electron chi connectivity index (χ1n) is 4.43. The van der Waals surface area contributed by atoms with Gasteiger partial charge in [-0.15, -0.1) is 0 Å². The highest BCUT2D eigenvalue weighted by Crippen LogP contribution is 2.30. The summed E-state index contributed by atoms with van der Waals surface area (Å²) in [6, 6.07) is 1.72. The van der Waals surface area contributed by atoms with Gasteiger partial charge >= 0.3 is 0 Å². The first-order valence-corrected chi connectivity index (χ1v) is 6.02. The molecule has 2 aromatic heterocycles. The van der Waals surface area contributed by atoms with Crippen molar-refractivity contribution in [1.82, 2.24) is 14.3 Å². The van der Waals surface area contributed by atoms with Crippen molar-refractivity contribution in [3.8, 4) is 0 Å². The molecule has 0 radical (unpaired) electrons. The number of amidine groups is 1. The molecule has 7 heteroatoms. The monoisotopic (exact) mass is 251 g/mol. The number of aryl methyl sites for hydroxylation is 1. The van der Waals surface area contributed by atoms with Gasteiger partial charge in [0.2, 0.25) is 0 Å². The zero-order valence-electron chi connectivity index (χ0n) is 8.47. The Morgan fingerprint density at radius 3 is 3.00 bits per heavy atom. The Morgan fingerprint density at radius 1 is 1.56 bits per heavy atom. The van der Waals surface area contributed by atoms with Crippen LogP contribution >= 0.6 is 23.3 Å². The Hall–Kier alpha value is -1.47. The summed E-state index contributed by atoms with van der Waals surface area (Å²) in [5, 5.41) is 7.45. The minimum Gasteiger partial charge on any atom is -0.384 e. The molecule has 0 aliphatic heterocycles. The van der Waals surface area contributed by atoms with Crippen LogP contribution in [0.5, 0.6) is 0 Å². The summed E-state index contributed by atoms with van der Waals surface area (Å²) < 4.78 is 4.92. The van der Waals surface area contributed by atoms with Gasteiger partial charge in [0.05, 0.1) is 0 Å². The molecule has 2 aromatic rings. The van der Waals surface area contributed by atoms with Gasteiger partial charge in [0.1, 0.15) is 11.7 Å². The molecule has 0 unspecified atom stereocenters. The van der Waals surface area contributed by atoms with Crippen LogP contribution in [0.1, 0.15) is 11.4 Å². The largest absolute Gasteiger partial charge is 0.384 e. The summed E-state index contributed by atoms with van der Waals surface area (Å²) in [4.78, 5) is 9.08. The maximum absolute atomic E-state index is 7.45. The zero-order valence-corrected chi connectivity index (χ0v) is 10.1. The summed E-state index contributed by atoms with van der Waals surface area (Å²) in [5.41, 5.74) is 6.16. The summed E-state index contributed by atoms with van der Waals surface area (Å²) in [6.07, 6.45) is 3.30. The first-order chi connectivity index (χ1) is 7.66. The van der Waals surface area contributed by atoms with Gasteiger partial charge in [0.25, 0.3) is 0 Å². The molecule has 0 amide bonds. The summed E-state index contributed by atoms with van der Waals surface area (Å²) in [6.45, 7) is 1.84. The van der Waals surface area contributed by atoms with Crippen molar-refractivity contribution in [3.63, 3.8) is 0 Å². The highest BCUT2D eigenvalue weighted by atomic mass is 32.2. The van der Waals surface area contributed by atoms with Crippen LogP contribution in [0.4, 0.5) is 0 Å². The fourth-order valence-electron chi connectivity index (χ4n) is 1.10. The SMILES string of the molecule is Cc1nsc(Sc2cnccc2C(=N)N)n1. The van der Waals surface area contributed by atoms with Crippen LogP contribution < -0.4 is 5.73 Å². The molecule has 0 fully saturated rings. The minimum atomic E-state index is 0.0335. The van der Waals surface area contributed by atoms with Crippen molar-refractivity contribution < 1.29 is 0 Å². The topological polar surface area (TPSA) is 88.5 Å². The molecule has 0 saturated heterocycles. The first kappa shape index (κ1) is 11.0. The highest BCUT2D eigenvalue weighted by Gasteiger charge is 2.09. The summed E-state index contributed by atoms with van der Waals surface area (Å²) in [7, 11) is 0. The molecule has 0 aromatic carbocycles. The van der Waals surface area contributed by atoms with Crippen LogP contribution in [0.3, 0.4) is 0 Å². The molecule has 0 saturated carbocycles. The summed E-state index contributed by atoms with van der Waals surface area (Å²) in [5.74, 6) is 0.784. The van der Waals surface area contributed by atoms with Crippen molar-refractivity contribution in [2.45, 2.75) is 16.2 Å². The van der Waals surface area contributed by atoms with Gasteiger partial charge in [-0.3, -0.25) is 10.4 Å². The zero-order chi connectivity index (χ0) is 11.5. The number of hydrogen-bond donors (Lipinski definition) is 2. The molecule has 2 rings (SSSR count). The number of nitrogens with two attached hydrogens (primary N) is 1. The van der Waals surface area contributed by atoms with E-state index in [4.69, 9.17) is 11.1 Å². The maximum atomic E-state index is 7.45. The van der Waals surface area contributed by atoms with E-state index in [1.54, 1.807) is 18.5 Å². The number of hydrogen-bond acceptors (Lipinski definition) is 6. The van der Waals surface area contributed by atoms with E-state index in [1.165, 1.54) is 23.3 Å². The third kappa shape index (κ3) is 2.37. The molecule has 0 bridgehead atoms. The molecule has 2 heterocycles. The van der Waals surface area contributed by atoms with Crippen molar-refractivity contribution >= 4 is 29.1 Å². The Labute approximate surface area is 101 Å². The smallest absolute Gasteiger partial charge is 0.174 e. The molecular weight excluding hydrogens is 242 g/mol. The van der Waals surface area contributed by atoms with E-state index in [1.807, 2.05) is 6.92 Å². The van der Waals surface area contributed by atoms with E-state index in [9.17, 15) is 0 Å². The van der Waals surface area contributed by atoms with Crippen LogP contribution in [-0.4, -0.2) is 20.2 Å². The second-order valence-corrected chi connectivity index (χ2v) is 5.04. The van der Waals surface area contributed by atoms with Gasteiger partial charge < -0.3 is 5.73 Å². The summed E-state index contributed by atoms with van der Waals surface area (Å²) >= 11 is 2.75. The fraction of sp³-hybridized carbons (Fsp3) is 0.111. The van der Waals surface area contributed by atoms with Crippen LogP contribution in [-0.2, 0) is 0 Å². The molecule has 3 N–H and O–H groups in total. The van der Waals surface area contributed by atoms with E-state index in [2.05, 4.69) is 14.3 Å². The molecule has 16 heavy (non-hydrogen) atoms. The van der Waals surface area contributed by atoms with Gasteiger partial charge in [0, 0.05) is 22.9 Å². The van der Waals surface area contributed by atoms with Crippen molar-refractivity contribution in [2.24, 2.45) is 5.73 Å². The molecule has 0 aliphatic rings. The highest BCUT2D eigenvalue weighted by molar-refractivity contribution is 8.01. The quantitative estimate of drug-likeness (QED) is 0.640. The Morgan fingerprint density at radius 2 is 2.38 bits per heavy atom. The van der Waals surface area contributed by atoms with Crippen molar-refractivity contribution in [1.29, 1.82) is 5.41 Å². The van der Waals surface area contributed by atoms with Gasteiger partial charge in [-0.05, 0) is 24.5 Å². The average Bonchev–Trinajstić information content (AvgIpc) is 2.64. The van der Waals surface area contributed by atoms with Crippen molar-refractivity contribution in [2.75, 3.05) is 0 Å². The van der Waals surface area contributed by atoms with Gasteiger partial charge in [-0.25, -0.2) is 4.98 Å². The lowest BCUT2D eigenvalue weighted by atomic mass is 10.2. The molecular formula is C9H9N5S2. The van der Waals surface area contributed by atoms with Crippen LogP contribution in [0.15, 0.2) is 27.7 Å². The van der Waals surface area contributed by atoms with Crippen LogP contribution in [0.2, 0.25) is 0 Å². The number of pyridine rings is 1. The van der Waals surface area contributed by atoms with Crippen molar-refractivity contribution in [3.05, 3.63) is 29.8 Å². The third-order valence-corrected chi connectivity index (χ3v) is 3.67. The third-order valence-electron chi connectivity index (χ3n) is 1.78. The van der Waals surface area contributed by atoms with Gasteiger partial charge in [0.15, 0.2) is 4.34 Å². The lowest BCUT2D eigenvalue weighted by Crippen LogP contribution is -2.12. The maximum Gasteiger partial charge on any atom is 0.174 e. The van der Waals surface area contributed by atoms with Gasteiger partial charge in [-0.1, -0.05) is 11.8 Å².